The Morgan fingerprint density at radius 2 is 2.00 bits per heavy atom. The van der Waals surface area contributed by atoms with Crippen molar-refractivity contribution in [2.45, 2.75) is 26.2 Å². The molecule has 1 aromatic carbocycles. The summed E-state index contributed by atoms with van der Waals surface area (Å²) in [6.45, 7) is 5.95. The fraction of sp³-hybridized carbons (Fsp3) is 0.364. The van der Waals surface area contributed by atoms with Crippen molar-refractivity contribution in [3.05, 3.63) is 29.6 Å². The number of halogens is 1. The van der Waals surface area contributed by atoms with E-state index in [0.717, 1.165) is 17.0 Å². The summed E-state index contributed by atoms with van der Waals surface area (Å²) in [6, 6.07) is 5.05. The Labute approximate surface area is 77.3 Å². The molecule has 0 N–H and O–H groups in total. The maximum atomic E-state index is 13.5. The second kappa shape index (κ2) is 2.41. The molecule has 1 heterocycles. The van der Waals surface area contributed by atoms with Gasteiger partial charge in [0.1, 0.15) is 5.82 Å². The summed E-state index contributed by atoms with van der Waals surface area (Å²) < 4.78 is 13.5. The van der Waals surface area contributed by atoms with E-state index in [1.807, 2.05) is 26.8 Å². The average Bonchev–Trinajstić information content (AvgIpc) is 2.24. The van der Waals surface area contributed by atoms with Gasteiger partial charge in [0.15, 0.2) is 0 Å². The first-order valence-electron chi connectivity index (χ1n) is 4.38. The van der Waals surface area contributed by atoms with Crippen molar-refractivity contribution in [3.8, 4) is 0 Å². The van der Waals surface area contributed by atoms with E-state index >= 15 is 0 Å². The Morgan fingerprint density at radius 3 is 2.62 bits per heavy atom. The minimum absolute atomic E-state index is 0.150. The molecule has 0 saturated heterocycles. The Balaban J connectivity index is 2.72. The normalized spacial score (nSPS) is 18.3. The van der Waals surface area contributed by atoms with Crippen molar-refractivity contribution < 1.29 is 4.39 Å². The van der Waals surface area contributed by atoms with Crippen LogP contribution in [0.5, 0.6) is 0 Å². The van der Waals surface area contributed by atoms with E-state index in [2.05, 4.69) is 4.99 Å². The van der Waals surface area contributed by atoms with E-state index in [0.29, 0.717) is 0 Å². The fourth-order valence-electron chi connectivity index (χ4n) is 1.73. The number of hydrogen-bond acceptors (Lipinski definition) is 1. The molecular formula is C11H12FN. The van der Waals surface area contributed by atoms with Crippen LogP contribution in [-0.4, -0.2) is 5.71 Å². The van der Waals surface area contributed by atoms with E-state index in [1.165, 1.54) is 6.07 Å². The number of rotatable bonds is 0. The molecule has 0 fully saturated rings. The molecule has 0 radical (unpaired) electrons. The van der Waals surface area contributed by atoms with Crippen LogP contribution >= 0.6 is 0 Å². The lowest BCUT2D eigenvalue weighted by Crippen LogP contribution is -2.23. The van der Waals surface area contributed by atoms with Crippen molar-refractivity contribution in [1.82, 2.24) is 0 Å². The average molecular weight is 177 g/mol. The van der Waals surface area contributed by atoms with Crippen molar-refractivity contribution in [2.24, 2.45) is 4.99 Å². The summed E-state index contributed by atoms with van der Waals surface area (Å²) in [7, 11) is 0. The molecule has 0 saturated carbocycles. The van der Waals surface area contributed by atoms with Crippen LogP contribution in [0.25, 0.3) is 0 Å². The van der Waals surface area contributed by atoms with Gasteiger partial charge in [-0.25, -0.2) is 4.39 Å². The molecule has 13 heavy (non-hydrogen) atoms. The molecule has 68 valence electrons. The molecule has 1 aromatic rings. The predicted octanol–water partition coefficient (Wildman–Crippen LogP) is 3.21. The first-order valence-corrected chi connectivity index (χ1v) is 4.38. The van der Waals surface area contributed by atoms with Crippen LogP contribution in [0.1, 0.15) is 26.3 Å². The summed E-state index contributed by atoms with van der Waals surface area (Å²) in [6.07, 6.45) is 0. The highest BCUT2D eigenvalue weighted by atomic mass is 19.1. The van der Waals surface area contributed by atoms with Gasteiger partial charge in [-0.05, 0) is 19.1 Å². The number of fused-ring (bicyclic) bond motifs is 1. The van der Waals surface area contributed by atoms with Gasteiger partial charge in [0.25, 0.3) is 0 Å². The van der Waals surface area contributed by atoms with E-state index < -0.39 is 0 Å². The number of benzene rings is 1. The maximum absolute atomic E-state index is 13.5. The minimum Gasteiger partial charge on any atom is -0.257 e. The van der Waals surface area contributed by atoms with Gasteiger partial charge in [0.05, 0.1) is 5.69 Å². The molecule has 1 aliphatic rings. The molecule has 0 bridgehead atoms. The zero-order chi connectivity index (χ0) is 9.64. The lowest BCUT2D eigenvalue weighted by atomic mass is 9.82. The van der Waals surface area contributed by atoms with Gasteiger partial charge in [-0.1, -0.05) is 19.9 Å². The molecular weight excluding hydrogens is 165 g/mol. The van der Waals surface area contributed by atoms with Crippen molar-refractivity contribution in [1.29, 1.82) is 0 Å². The predicted molar refractivity (Wildman–Crippen MR) is 52.2 cm³/mol. The molecule has 0 atom stereocenters. The van der Waals surface area contributed by atoms with E-state index in [1.54, 1.807) is 6.07 Å². The Bertz CT molecular complexity index is 391. The first kappa shape index (κ1) is 8.42. The molecule has 0 unspecified atom stereocenters. The van der Waals surface area contributed by atoms with Crippen LogP contribution in [0.3, 0.4) is 0 Å². The summed E-state index contributed by atoms with van der Waals surface area (Å²) in [5.41, 5.74) is 2.24. The Hall–Kier alpha value is -1.18. The van der Waals surface area contributed by atoms with Crippen LogP contribution < -0.4 is 0 Å². The zero-order valence-electron chi connectivity index (χ0n) is 8.06. The van der Waals surface area contributed by atoms with Gasteiger partial charge in [0.2, 0.25) is 0 Å². The molecule has 1 aliphatic heterocycles. The highest BCUT2D eigenvalue weighted by Crippen LogP contribution is 2.40. The third-order valence-corrected chi connectivity index (χ3v) is 2.81. The molecule has 0 aromatic heterocycles. The zero-order valence-corrected chi connectivity index (χ0v) is 8.06. The van der Waals surface area contributed by atoms with Crippen LogP contribution in [-0.2, 0) is 5.41 Å². The van der Waals surface area contributed by atoms with Gasteiger partial charge >= 0.3 is 0 Å². The number of hydrogen-bond donors (Lipinski definition) is 0. The van der Waals surface area contributed by atoms with E-state index in [4.69, 9.17) is 0 Å². The van der Waals surface area contributed by atoms with Crippen molar-refractivity contribution in [3.63, 3.8) is 0 Å². The quantitative estimate of drug-likeness (QED) is 0.577. The van der Waals surface area contributed by atoms with Crippen LogP contribution in [0.2, 0.25) is 0 Å². The molecule has 2 heteroatoms. The summed E-state index contributed by atoms with van der Waals surface area (Å²) >= 11 is 0. The SMILES string of the molecule is CC1=Nc2cccc(F)c2C1(C)C. The third kappa shape index (κ3) is 1.01. The number of nitrogens with zero attached hydrogens (tertiary/aromatic N) is 1. The highest BCUT2D eigenvalue weighted by Gasteiger charge is 2.34. The third-order valence-electron chi connectivity index (χ3n) is 2.81. The maximum Gasteiger partial charge on any atom is 0.129 e. The lowest BCUT2D eigenvalue weighted by Gasteiger charge is -2.20. The molecule has 0 amide bonds. The van der Waals surface area contributed by atoms with Gasteiger partial charge in [-0.3, -0.25) is 4.99 Å². The largest absolute Gasteiger partial charge is 0.257 e. The standard InChI is InChI=1S/C11H12FN/c1-7-11(2,3)10-8(12)5-4-6-9(10)13-7/h4-6H,1-3H3. The minimum atomic E-state index is -0.249. The van der Waals surface area contributed by atoms with Gasteiger partial charge in [-0.15, -0.1) is 0 Å². The second-order valence-electron chi connectivity index (χ2n) is 3.96. The highest BCUT2D eigenvalue weighted by molar-refractivity contribution is 5.99. The van der Waals surface area contributed by atoms with Crippen LogP contribution in [0.4, 0.5) is 10.1 Å². The Kier molecular flexibility index (Phi) is 1.56. The lowest BCUT2D eigenvalue weighted by molar-refractivity contribution is 0.580. The van der Waals surface area contributed by atoms with Gasteiger partial charge in [-0.2, -0.15) is 0 Å². The second-order valence-corrected chi connectivity index (χ2v) is 3.96. The summed E-state index contributed by atoms with van der Waals surface area (Å²) in [4.78, 5) is 4.34. The van der Waals surface area contributed by atoms with Gasteiger partial charge in [0, 0.05) is 16.7 Å². The van der Waals surface area contributed by atoms with Crippen LogP contribution in [0, 0.1) is 5.82 Å². The number of aliphatic imine (C=N–C) groups is 1. The smallest absolute Gasteiger partial charge is 0.129 e. The van der Waals surface area contributed by atoms with Crippen molar-refractivity contribution in [2.75, 3.05) is 0 Å². The Morgan fingerprint density at radius 1 is 1.31 bits per heavy atom. The fourth-order valence-corrected chi connectivity index (χ4v) is 1.73. The summed E-state index contributed by atoms with van der Waals surface area (Å²) in [5.74, 6) is -0.150. The van der Waals surface area contributed by atoms with Crippen LogP contribution in [0.15, 0.2) is 23.2 Å². The molecule has 2 rings (SSSR count). The van der Waals surface area contributed by atoms with Crippen molar-refractivity contribution >= 4 is 11.4 Å². The van der Waals surface area contributed by atoms with E-state index in [-0.39, 0.29) is 11.2 Å². The van der Waals surface area contributed by atoms with E-state index in [9.17, 15) is 4.39 Å². The molecule has 0 spiro atoms. The first-order chi connectivity index (χ1) is 6.03. The summed E-state index contributed by atoms with van der Waals surface area (Å²) in [5, 5.41) is 0. The van der Waals surface area contributed by atoms with Gasteiger partial charge < -0.3 is 0 Å². The molecule has 1 nitrogen and oxygen atoms in total. The topological polar surface area (TPSA) is 12.4 Å². The molecule has 0 aliphatic carbocycles. The monoisotopic (exact) mass is 177 g/mol.